The predicted molar refractivity (Wildman–Crippen MR) is 117 cm³/mol. The highest BCUT2D eigenvalue weighted by Gasteiger charge is 2.45. The number of aryl methyl sites for hydroxylation is 1. The third kappa shape index (κ3) is 4.79. The zero-order valence-electron chi connectivity index (χ0n) is 16.3. The normalized spacial score (nSPS) is 23.1. The molecule has 0 radical (unpaired) electrons. The number of hydrogen-bond acceptors (Lipinski definition) is 4. The Hall–Kier alpha value is -1.54. The fourth-order valence-electron chi connectivity index (χ4n) is 3.67. The molecular formula is C21H24ClNO4S2. The predicted octanol–water partition coefficient (Wildman–Crippen LogP) is 4.61. The van der Waals surface area contributed by atoms with Gasteiger partial charge in [0.25, 0.3) is 0 Å². The van der Waals surface area contributed by atoms with Gasteiger partial charge in [0.2, 0.25) is 10.0 Å². The highest BCUT2D eigenvalue weighted by molar-refractivity contribution is 7.99. The molecule has 1 fully saturated rings. The number of thioether (sulfide) groups is 1. The molecule has 1 N–H and O–H groups in total. The van der Waals surface area contributed by atoms with Crippen LogP contribution in [0.5, 0.6) is 0 Å². The third-order valence-electron chi connectivity index (χ3n) is 5.21. The van der Waals surface area contributed by atoms with Crippen LogP contribution in [0.15, 0.2) is 53.4 Å². The number of halogens is 1. The SMILES string of the molecule is CCS[C@@H]1C[C@@H](c2ccc(C)cc2)N(S(=O)(=O)c2ccc(Cl)cc2)C[C@H]1C(=O)O. The minimum Gasteiger partial charge on any atom is -0.481 e. The summed E-state index contributed by atoms with van der Waals surface area (Å²) in [6.07, 6.45) is 0.450. The first-order chi connectivity index (χ1) is 13.7. The third-order valence-corrected chi connectivity index (χ3v) is 8.63. The molecular weight excluding hydrogens is 430 g/mol. The van der Waals surface area contributed by atoms with Crippen LogP contribution < -0.4 is 0 Å². The van der Waals surface area contributed by atoms with Gasteiger partial charge in [0.15, 0.2) is 0 Å². The lowest BCUT2D eigenvalue weighted by molar-refractivity contribution is -0.143. The van der Waals surface area contributed by atoms with Crippen LogP contribution in [0.4, 0.5) is 0 Å². The van der Waals surface area contributed by atoms with Crippen LogP contribution in [0, 0.1) is 12.8 Å². The van der Waals surface area contributed by atoms with Gasteiger partial charge in [0.05, 0.1) is 16.9 Å². The summed E-state index contributed by atoms with van der Waals surface area (Å²) >= 11 is 7.50. The quantitative estimate of drug-likeness (QED) is 0.691. The highest BCUT2D eigenvalue weighted by Crippen LogP contribution is 2.42. The molecule has 0 saturated carbocycles. The van der Waals surface area contributed by atoms with Crippen molar-refractivity contribution in [1.29, 1.82) is 0 Å². The van der Waals surface area contributed by atoms with E-state index in [0.717, 1.165) is 16.9 Å². The first-order valence-corrected chi connectivity index (χ1v) is 12.3. The Morgan fingerprint density at radius 3 is 2.34 bits per heavy atom. The van der Waals surface area contributed by atoms with Crippen molar-refractivity contribution in [1.82, 2.24) is 4.31 Å². The van der Waals surface area contributed by atoms with Crippen molar-refractivity contribution in [3.05, 3.63) is 64.7 Å². The summed E-state index contributed by atoms with van der Waals surface area (Å²) in [6.45, 7) is 3.90. The lowest BCUT2D eigenvalue weighted by atomic mass is 9.90. The van der Waals surface area contributed by atoms with E-state index in [1.807, 2.05) is 38.1 Å². The number of carboxylic acids is 1. The first kappa shape index (κ1) is 22.2. The molecule has 1 aliphatic heterocycles. The number of piperidine rings is 1. The number of sulfonamides is 1. The molecule has 2 aromatic rings. The van der Waals surface area contributed by atoms with Crippen molar-refractivity contribution in [2.24, 2.45) is 5.92 Å². The number of hydrogen-bond donors (Lipinski definition) is 1. The smallest absolute Gasteiger partial charge is 0.308 e. The van der Waals surface area contributed by atoms with E-state index in [9.17, 15) is 18.3 Å². The van der Waals surface area contributed by atoms with Gasteiger partial charge in [-0.2, -0.15) is 16.1 Å². The summed E-state index contributed by atoms with van der Waals surface area (Å²) in [4.78, 5) is 12.0. The molecule has 0 aromatic heterocycles. The van der Waals surface area contributed by atoms with E-state index >= 15 is 0 Å². The van der Waals surface area contributed by atoms with Gasteiger partial charge >= 0.3 is 5.97 Å². The number of carbonyl (C=O) groups is 1. The van der Waals surface area contributed by atoms with Gasteiger partial charge in [0.1, 0.15) is 0 Å². The van der Waals surface area contributed by atoms with E-state index in [0.29, 0.717) is 11.4 Å². The molecule has 156 valence electrons. The lowest BCUT2D eigenvalue weighted by Crippen LogP contribution is -2.49. The number of nitrogens with zero attached hydrogens (tertiary/aromatic N) is 1. The molecule has 3 atom stereocenters. The number of carboxylic acid groups (broad SMARTS) is 1. The molecule has 0 spiro atoms. The Morgan fingerprint density at radius 1 is 1.17 bits per heavy atom. The number of rotatable bonds is 6. The first-order valence-electron chi connectivity index (χ1n) is 9.42. The van der Waals surface area contributed by atoms with Gasteiger partial charge in [-0.3, -0.25) is 4.79 Å². The maximum atomic E-state index is 13.5. The Morgan fingerprint density at radius 2 is 1.79 bits per heavy atom. The minimum absolute atomic E-state index is 0.0590. The van der Waals surface area contributed by atoms with Gasteiger partial charge in [-0.1, -0.05) is 48.4 Å². The lowest BCUT2D eigenvalue weighted by Gasteiger charge is -2.41. The average molecular weight is 454 g/mol. The molecule has 1 aliphatic rings. The molecule has 2 aromatic carbocycles. The maximum absolute atomic E-state index is 13.5. The minimum atomic E-state index is -3.89. The zero-order valence-corrected chi connectivity index (χ0v) is 18.7. The van der Waals surface area contributed by atoms with Crippen LogP contribution in [0.2, 0.25) is 5.02 Å². The van der Waals surface area contributed by atoms with E-state index in [4.69, 9.17) is 11.6 Å². The van der Waals surface area contributed by atoms with Crippen molar-refractivity contribution < 1.29 is 18.3 Å². The summed E-state index contributed by atoms with van der Waals surface area (Å²) in [5.74, 6) is -0.947. The number of benzene rings is 2. The molecule has 1 heterocycles. The van der Waals surface area contributed by atoms with Crippen LogP contribution in [0.25, 0.3) is 0 Å². The Kier molecular flexibility index (Phi) is 6.94. The fraction of sp³-hybridized carbons (Fsp3) is 0.381. The summed E-state index contributed by atoms with van der Waals surface area (Å²) in [7, 11) is -3.89. The Labute approximate surface area is 181 Å². The Balaban J connectivity index is 2.06. The van der Waals surface area contributed by atoms with E-state index in [-0.39, 0.29) is 16.7 Å². The van der Waals surface area contributed by atoms with E-state index < -0.39 is 28.0 Å². The van der Waals surface area contributed by atoms with E-state index in [1.165, 1.54) is 28.6 Å². The van der Waals surface area contributed by atoms with Crippen LogP contribution >= 0.6 is 23.4 Å². The van der Waals surface area contributed by atoms with Crippen LogP contribution in [-0.2, 0) is 14.8 Å². The Bertz CT molecular complexity index is 961. The zero-order chi connectivity index (χ0) is 21.2. The van der Waals surface area contributed by atoms with Crippen LogP contribution in [-0.4, -0.2) is 41.3 Å². The van der Waals surface area contributed by atoms with Gasteiger partial charge in [0, 0.05) is 16.8 Å². The molecule has 0 amide bonds. The summed E-state index contributed by atoms with van der Waals surface area (Å²) in [5, 5.41) is 10.1. The van der Waals surface area contributed by atoms with Crippen LogP contribution in [0.3, 0.4) is 0 Å². The second kappa shape index (κ2) is 9.08. The second-order valence-electron chi connectivity index (χ2n) is 7.13. The fourth-order valence-corrected chi connectivity index (χ4v) is 6.63. The van der Waals surface area contributed by atoms with Gasteiger partial charge in [-0.25, -0.2) is 8.42 Å². The van der Waals surface area contributed by atoms with E-state index in [2.05, 4.69) is 0 Å². The van der Waals surface area contributed by atoms with Gasteiger partial charge in [-0.15, -0.1) is 0 Å². The molecule has 3 rings (SSSR count). The molecule has 0 aliphatic carbocycles. The monoisotopic (exact) mass is 453 g/mol. The highest BCUT2D eigenvalue weighted by atomic mass is 35.5. The largest absolute Gasteiger partial charge is 0.481 e. The topological polar surface area (TPSA) is 74.7 Å². The summed E-state index contributed by atoms with van der Waals surface area (Å²) in [6, 6.07) is 13.3. The maximum Gasteiger partial charge on any atom is 0.308 e. The van der Waals surface area contributed by atoms with E-state index in [1.54, 1.807) is 11.8 Å². The second-order valence-corrected chi connectivity index (χ2v) is 11.0. The summed E-state index contributed by atoms with van der Waals surface area (Å²) in [5.41, 5.74) is 1.96. The molecule has 0 unspecified atom stereocenters. The standard InChI is InChI=1S/C21H24ClNO4S2/c1-3-28-20-12-19(15-6-4-14(2)5-7-15)23(13-18(20)21(24)25)29(26,27)17-10-8-16(22)9-11-17/h4-11,18-20H,3,12-13H2,1-2H3,(H,24,25)/t18-,19+,20-/m1/s1. The molecule has 8 heteroatoms. The molecule has 29 heavy (non-hydrogen) atoms. The average Bonchev–Trinajstić information content (AvgIpc) is 2.68. The van der Waals surface area contributed by atoms with Crippen molar-refractivity contribution in [3.63, 3.8) is 0 Å². The number of aliphatic carboxylic acids is 1. The van der Waals surface area contributed by atoms with Crippen molar-refractivity contribution in [3.8, 4) is 0 Å². The van der Waals surface area contributed by atoms with Gasteiger partial charge < -0.3 is 5.11 Å². The van der Waals surface area contributed by atoms with Gasteiger partial charge in [-0.05, 0) is 48.9 Å². The molecule has 0 bridgehead atoms. The van der Waals surface area contributed by atoms with Crippen LogP contribution in [0.1, 0.15) is 30.5 Å². The van der Waals surface area contributed by atoms with Crippen molar-refractivity contribution in [2.45, 2.75) is 36.5 Å². The van der Waals surface area contributed by atoms with Crippen molar-refractivity contribution >= 4 is 39.4 Å². The summed E-state index contributed by atoms with van der Waals surface area (Å²) < 4.78 is 28.3. The van der Waals surface area contributed by atoms with Crippen molar-refractivity contribution in [2.75, 3.05) is 12.3 Å². The molecule has 5 nitrogen and oxygen atoms in total. The molecule has 1 saturated heterocycles.